The van der Waals surface area contributed by atoms with Crippen LogP contribution in [0.15, 0.2) is 12.1 Å². The molecule has 94 valence electrons. The van der Waals surface area contributed by atoms with Crippen LogP contribution in [-0.4, -0.2) is 18.8 Å². The summed E-state index contributed by atoms with van der Waals surface area (Å²) in [5.41, 5.74) is 11.5. The van der Waals surface area contributed by atoms with E-state index in [1.165, 1.54) is 22.3 Å². The van der Waals surface area contributed by atoms with Gasteiger partial charge in [0.1, 0.15) is 0 Å². The molecular weight excluding hydrogens is 210 g/mol. The van der Waals surface area contributed by atoms with Crippen molar-refractivity contribution in [2.75, 3.05) is 13.2 Å². The third-order valence-corrected chi connectivity index (χ3v) is 4.09. The van der Waals surface area contributed by atoms with E-state index < -0.39 is 0 Å². The van der Waals surface area contributed by atoms with E-state index in [1.807, 2.05) is 0 Å². The van der Waals surface area contributed by atoms with Crippen molar-refractivity contribution in [3.05, 3.63) is 34.4 Å². The average Bonchev–Trinajstić information content (AvgIpc) is 2.04. The average molecular weight is 233 g/mol. The van der Waals surface area contributed by atoms with E-state index in [-0.39, 0.29) is 11.0 Å². The molecular formula is C15H23NO. The molecule has 1 aliphatic rings. The summed E-state index contributed by atoms with van der Waals surface area (Å²) in [5, 5.41) is 0. The molecule has 0 radical (unpaired) electrons. The highest BCUT2D eigenvalue weighted by atomic mass is 16.5. The number of nitrogens with two attached hydrogens (primary N) is 1. The molecule has 2 rings (SSSR count). The molecule has 0 bridgehead atoms. The summed E-state index contributed by atoms with van der Waals surface area (Å²) in [5.74, 6) is 0. The van der Waals surface area contributed by atoms with Crippen LogP contribution in [0.4, 0.5) is 0 Å². The lowest BCUT2D eigenvalue weighted by Crippen LogP contribution is -2.65. The lowest BCUT2D eigenvalue weighted by Gasteiger charge is -2.52. The van der Waals surface area contributed by atoms with Crippen LogP contribution in [0.1, 0.15) is 36.1 Å². The fourth-order valence-electron chi connectivity index (χ4n) is 3.08. The Labute approximate surface area is 104 Å². The highest BCUT2D eigenvalue weighted by Crippen LogP contribution is 2.43. The predicted molar refractivity (Wildman–Crippen MR) is 71.4 cm³/mol. The monoisotopic (exact) mass is 233 g/mol. The van der Waals surface area contributed by atoms with E-state index in [9.17, 15) is 0 Å². The first-order valence-electron chi connectivity index (χ1n) is 6.23. The second-order valence-electron chi connectivity index (χ2n) is 6.07. The molecule has 1 heterocycles. The number of aryl methyl sites for hydroxylation is 3. The standard InChI is InChI=1S/C15H23NO/c1-10-6-11(2)13(12(3)7-10)15(8-17-9-15)14(4,5)16/h6-7H,8-9,16H2,1-5H3. The van der Waals surface area contributed by atoms with Gasteiger partial charge < -0.3 is 10.5 Å². The molecule has 1 aromatic carbocycles. The predicted octanol–water partition coefficient (Wildman–Crippen LogP) is 2.62. The van der Waals surface area contributed by atoms with Gasteiger partial charge in [0.25, 0.3) is 0 Å². The molecule has 2 N–H and O–H groups in total. The van der Waals surface area contributed by atoms with Crippen LogP contribution in [0, 0.1) is 20.8 Å². The van der Waals surface area contributed by atoms with Crippen molar-refractivity contribution in [2.45, 2.75) is 45.6 Å². The van der Waals surface area contributed by atoms with Crippen LogP contribution in [0.25, 0.3) is 0 Å². The smallest absolute Gasteiger partial charge is 0.0603 e. The van der Waals surface area contributed by atoms with Gasteiger partial charge in [-0.15, -0.1) is 0 Å². The van der Waals surface area contributed by atoms with Crippen LogP contribution in [0.2, 0.25) is 0 Å². The number of ether oxygens (including phenoxy) is 1. The third-order valence-electron chi connectivity index (χ3n) is 4.09. The van der Waals surface area contributed by atoms with Crippen LogP contribution in [0.3, 0.4) is 0 Å². The van der Waals surface area contributed by atoms with Gasteiger partial charge in [-0.3, -0.25) is 0 Å². The minimum absolute atomic E-state index is 0.0190. The Hall–Kier alpha value is -0.860. The van der Waals surface area contributed by atoms with Crippen molar-refractivity contribution in [2.24, 2.45) is 5.73 Å². The normalized spacial score (nSPS) is 18.9. The molecule has 0 aliphatic carbocycles. The SMILES string of the molecule is Cc1cc(C)c(C2(C(C)(C)N)COC2)c(C)c1. The van der Waals surface area contributed by atoms with Gasteiger partial charge in [0, 0.05) is 5.54 Å². The number of hydrogen-bond acceptors (Lipinski definition) is 2. The van der Waals surface area contributed by atoms with Crippen LogP contribution < -0.4 is 5.73 Å². The summed E-state index contributed by atoms with van der Waals surface area (Å²) >= 11 is 0. The first kappa shape index (κ1) is 12.6. The number of benzene rings is 1. The van der Waals surface area contributed by atoms with E-state index in [4.69, 9.17) is 10.5 Å². The van der Waals surface area contributed by atoms with Gasteiger partial charge in [-0.2, -0.15) is 0 Å². The van der Waals surface area contributed by atoms with Crippen LogP contribution in [0.5, 0.6) is 0 Å². The zero-order valence-electron chi connectivity index (χ0n) is 11.6. The fraction of sp³-hybridized carbons (Fsp3) is 0.600. The molecule has 0 unspecified atom stereocenters. The number of rotatable bonds is 2. The molecule has 2 heteroatoms. The largest absolute Gasteiger partial charge is 0.379 e. The van der Waals surface area contributed by atoms with Crippen molar-refractivity contribution in [1.82, 2.24) is 0 Å². The summed E-state index contributed by atoms with van der Waals surface area (Å²) in [6.45, 7) is 12.2. The molecule has 17 heavy (non-hydrogen) atoms. The van der Waals surface area contributed by atoms with Crippen molar-refractivity contribution in [3.63, 3.8) is 0 Å². The Morgan fingerprint density at radius 3 is 1.88 bits per heavy atom. The van der Waals surface area contributed by atoms with Crippen molar-refractivity contribution in [1.29, 1.82) is 0 Å². The van der Waals surface area contributed by atoms with Crippen molar-refractivity contribution in [3.8, 4) is 0 Å². The fourth-order valence-corrected chi connectivity index (χ4v) is 3.08. The molecule has 0 amide bonds. The third kappa shape index (κ3) is 1.80. The van der Waals surface area contributed by atoms with Crippen LogP contribution in [-0.2, 0) is 10.2 Å². The van der Waals surface area contributed by atoms with Gasteiger partial charge in [-0.25, -0.2) is 0 Å². The van der Waals surface area contributed by atoms with Crippen molar-refractivity contribution < 1.29 is 4.74 Å². The minimum atomic E-state index is -0.254. The van der Waals surface area contributed by atoms with E-state index >= 15 is 0 Å². The second-order valence-corrected chi connectivity index (χ2v) is 6.07. The highest BCUT2D eigenvalue weighted by molar-refractivity contribution is 5.46. The van der Waals surface area contributed by atoms with Crippen molar-refractivity contribution >= 4 is 0 Å². The quantitative estimate of drug-likeness (QED) is 0.852. The van der Waals surface area contributed by atoms with Gasteiger partial charge in [-0.05, 0) is 51.3 Å². The molecule has 1 fully saturated rings. The molecule has 1 aliphatic heterocycles. The van der Waals surface area contributed by atoms with E-state index in [1.54, 1.807) is 0 Å². The Morgan fingerprint density at radius 1 is 1.12 bits per heavy atom. The van der Waals surface area contributed by atoms with Gasteiger partial charge in [0.15, 0.2) is 0 Å². The molecule has 0 saturated carbocycles. The van der Waals surface area contributed by atoms with E-state index in [0.717, 1.165) is 13.2 Å². The highest BCUT2D eigenvalue weighted by Gasteiger charge is 2.51. The molecule has 0 spiro atoms. The first-order valence-corrected chi connectivity index (χ1v) is 6.23. The van der Waals surface area contributed by atoms with E-state index in [0.29, 0.717) is 0 Å². The minimum Gasteiger partial charge on any atom is -0.379 e. The summed E-state index contributed by atoms with van der Waals surface area (Å²) < 4.78 is 5.48. The maximum atomic E-state index is 6.40. The Bertz CT molecular complexity index is 416. The maximum Gasteiger partial charge on any atom is 0.0603 e. The van der Waals surface area contributed by atoms with Gasteiger partial charge >= 0.3 is 0 Å². The summed E-state index contributed by atoms with van der Waals surface area (Å²) in [6.07, 6.45) is 0. The van der Waals surface area contributed by atoms with Gasteiger partial charge in [0.2, 0.25) is 0 Å². The molecule has 1 saturated heterocycles. The lowest BCUT2D eigenvalue weighted by atomic mass is 9.63. The Morgan fingerprint density at radius 2 is 1.59 bits per heavy atom. The summed E-state index contributed by atoms with van der Waals surface area (Å²) in [6, 6.07) is 4.49. The maximum absolute atomic E-state index is 6.40. The topological polar surface area (TPSA) is 35.2 Å². The molecule has 1 aromatic rings. The molecule has 0 aromatic heterocycles. The Balaban J connectivity index is 2.60. The second kappa shape index (κ2) is 3.82. The van der Waals surface area contributed by atoms with E-state index in [2.05, 4.69) is 46.8 Å². The summed E-state index contributed by atoms with van der Waals surface area (Å²) in [7, 11) is 0. The molecule has 2 nitrogen and oxygen atoms in total. The van der Waals surface area contributed by atoms with Gasteiger partial charge in [0.05, 0.1) is 18.6 Å². The number of hydrogen-bond donors (Lipinski definition) is 1. The summed E-state index contributed by atoms with van der Waals surface area (Å²) in [4.78, 5) is 0. The first-order chi connectivity index (χ1) is 7.78. The zero-order valence-corrected chi connectivity index (χ0v) is 11.6. The Kier molecular flexibility index (Phi) is 2.83. The zero-order chi connectivity index (χ0) is 12.8. The lowest BCUT2D eigenvalue weighted by molar-refractivity contribution is -0.0925. The molecule has 0 atom stereocenters. The van der Waals surface area contributed by atoms with Crippen LogP contribution >= 0.6 is 0 Å². The van der Waals surface area contributed by atoms with Gasteiger partial charge in [-0.1, -0.05) is 17.7 Å².